The van der Waals surface area contributed by atoms with Gasteiger partial charge in [-0.15, -0.1) is 0 Å². The minimum atomic E-state index is -0.221. The van der Waals surface area contributed by atoms with E-state index in [1.807, 2.05) is 0 Å². The van der Waals surface area contributed by atoms with Crippen molar-refractivity contribution in [2.24, 2.45) is 5.92 Å². The maximum Gasteiger partial charge on any atom is 0.166 e. The number of carbonyl (C=O) groups excluding carboxylic acids is 1. The van der Waals surface area contributed by atoms with Crippen molar-refractivity contribution in [3.8, 4) is 11.5 Å². The van der Waals surface area contributed by atoms with Crippen molar-refractivity contribution in [2.75, 3.05) is 0 Å². The summed E-state index contributed by atoms with van der Waals surface area (Å²) in [6.45, 7) is 0. The van der Waals surface area contributed by atoms with Gasteiger partial charge >= 0.3 is 0 Å². The Bertz CT molecular complexity index is 392. The molecule has 1 fully saturated rings. The summed E-state index contributed by atoms with van der Waals surface area (Å²) in [5, 5.41) is 18.5. The first-order valence-electron chi connectivity index (χ1n) is 5.74. The lowest BCUT2D eigenvalue weighted by molar-refractivity contribution is 0.0889. The van der Waals surface area contributed by atoms with Crippen molar-refractivity contribution in [3.05, 3.63) is 23.8 Å². The smallest absolute Gasteiger partial charge is 0.166 e. The molecule has 1 aliphatic carbocycles. The summed E-state index contributed by atoms with van der Waals surface area (Å²) in [7, 11) is 0. The van der Waals surface area contributed by atoms with Crippen LogP contribution in [-0.4, -0.2) is 16.0 Å². The Morgan fingerprint density at radius 2 is 1.75 bits per heavy atom. The number of carbonyl (C=O) groups is 1. The van der Waals surface area contributed by atoms with E-state index in [-0.39, 0.29) is 23.2 Å². The minimum absolute atomic E-state index is 0.0926. The zero-order valence-corrected chi connectivity index (χ0v) is 9.15. The van der Waals surface area contributed by atoms with Gasteiger partial charge in [0.05, 0.1) is 0 Å². The zero-order chi connectivity index (χ0) is 11.5. The second-order valence-electron chi connectivity index (χ2n) is 4.40. The summed E-state index contributed by atoms with van der Waals surface area (Å²) >= 11 is 0. The molecule has 1 aromatic rings. The average molecular weight is 220 g/mol. The lowest BCUT2D eigenvalue weighted by atomic mass is 9.84. The van der Waals surface area contributed by atoms with Crippen LogP contribution in [0.1, 0.15) is 42.5 Å². The molecule has 0 amide bonds. The van der Waals surface area contributed by atoms with E-state index in [1.54, 1.807) is 6.07 Å². The fourth-order valence-electron chi connectivity index (χ4n) is 2.28. The predicted octanol–water partition coefficient (Wildman–Crippen LogP) is 2.86. The van der Waals surface area contributed by atoms with Crippen molar-refractivity contribution < 1.29 is 15.0 Å². The third-order valence-electron chi connectivity index (χ3n) is 3.24. The standard InChI is InChI=1S/C13H16O3/c14-11-7-6-10(8-12(11)15)13(16)9-4-2-1-3-5-9/h6-9,14-15H,1-5H2. The van der Waals surface area contributed by atoms with Crippen LogP contribution in [0.4, 0.5) is 0 Å². The summed E-state index contributed by atoms with van der Waals surface area (Å²) in [6, 6.07) is 4.30. The number of benzene rings is 1. The molecule has 0 radical (unpaired) electrons. The van der Waals surface area contributed by atoms with E-state index in [1.165, 1.54) is 18.6 Å². The Labute approximate surface area is 94.7 Å². The molecule has 2 N–H and O–H groups in total. The Kier molecular flexibility index (Phi) is 3.13. The molecule has 0 aromatic heterocycles. The van der Waals surface area contributed by atoms with Gasteiger partial charge < -0.3 is 10.2 Å². The van der Waals surface area contributed by atoms with Crippen LogP contribution >= 0.6 is 0 Å². The summed E-state index contributed by atoms with van der Waals surface area (Å²) in [5.74, 6) is -0.213. The molecule has 2 rings (SSSR count). The molecule has 1 aliphatic rings. The molecule has 0 heterocycles. The molecule has 0 spiro atoms. The van der Waals surface area contributed by atoms with E-state index in [2.05, 4.69) is 0 Å². The number of ketones is 1. The highest BCUT2D eigenvalue weighted by molar-refractivity contribution is 5.98. The van der Waals surface area contributed by atoms with Crippen molar-refractivity contribution in [1.82, 2.24) is 0 Å². The second kappa shape index (κ2) is 4.56. The van der Waals surface area contributed by atoms with Crippen LogP contribution in [0.3, 0.4) is 0 Å². The van der Waals surface area contributed by atoms with Crippen LogP contribution in [-0.2, 0) is 0 Å². The maximum atomic E-state index is 12.1. The Morgan fingerprint density at radius 3 is 2.38 bits per heavy atom. The molecule has 86 valence electrons. The van der Waals surface area contributed by atoms with E-state index in [0.29, 0.717) is 5.56 Å². The number of hydrogen-bond acceptors (Lipinski definition) is 3. The number of phenolic OH excluding ortho intramolecular Hbond substituents is 2. The van der Waals surface area contributed by atoms with Crippen molar-refractivity contribution in [3.63, 3.8) is 0 Å². The monoisotopic (exact) mass is 220 g/mol. The number of aromatic hydroxyl groups is 2. The lowest BCUT2D eigenvalue weighted by Crippen LogP contribution is -2.17. The van der Waals surface area contributed by atoms with Crippen molar-refractivity contribution >= 4 is 5.78 Å². The highest BCUT2D eigenvalue weighted by Crippen LogP contribution is 2.30. The average Bonchev–Trinajstić information content (AvgIpc) is 2.33. The minimum Gasteiger partial charge on any atom is -0.504 e. The molecule has 1 aromatic carbocycles. The molecule has 0 bridgehead atoms. The maximum absolute atomic E-state index is 12.1. The number of rotatable bonds is 2. The van der Waals surface area contributed by atoms with Gasteiger partial charge in [-0.1, -0.05) is 19.3 Å². The van der Waals surface area contributed by atoms with Crippen LogP contribution < -0.4 is 0 Å². The van der Waals surface area contributed by atoms with Gasteiger partial charge in [0, 0.05) is 11.5 Å². The van der Waals surface area contributed by atoms with E-state index in [0.717, 1.165) is 25.7 Å². The lowest BCUT2D eigenvalue weighted by Gasteiger charge is -2.20. The molecule has 3 nitrogen and oxygen atoms in total. The van der Waals surface area contributed by atoms with E-state index < -0.39 is 0 Å². The molecule has 0 atom stereocenters. The molecular weight excluding hydrogens is 204 g/mol. The fourth-order valence-corrected chi connectivity index (χ4v) is 2.28. The van der Waals surface area contributed by atoms with Gasteiger partial charge in [0.1, 0.15) is 0 Å². The van der Waals surface area contributed by atoms with Gasteiger partial charge in [0.15, 0.2) is 17.3 Å². The van der Waals surface area contributed by atoms with Gasteiger partial charge in [-0.05, 0) is 31.0 Å². The molecule has 0 aliphatic heterocycles. The van der Waals surface area contributed by atoms with Crippen LogP contribution in [0.25, 0.3) is 0 Å². The molecule has 16 heavy (non-hydrogen) atoms. The SMILES string of the molecule is O=C(c1ccc(O)c(O)c1)C1CCCCC1. The van der Waals surface area contributed by atoms with Gasteiger partial charge in [-0.25, -0.2) is 0 Å². The summed E-state index contributed by atoms with van der Waals surface area (Å²) in [6.07, 6.45) is 5.33. The molecular formula is C13H16O3. The summed E-state index contributed by atoms with van der Waals surface area (Å²) in [4.78, 5) is 12.1. The third kappa shape index (κ3) is 2.18. The van der Waals surface area contributed by atoms with Crippen molar-refractivity contribution in [1.29, 1.82) is 0 Å². The van der Waals surface area contributed by atoms with E-state index in [4.69, 9.17) is 0 Å². The first kappa shape index (κ1) is 11.0. The first-order chi connectivity index (χ1) is 7.68. The zero-order valence-electron chi connectivity index (χ0n) is 9.15. The third-order valence-corrected chi connectivity index (χ3v) is 3.24. The summed E-state index contributed by atoms with van der Waals surface area (Å²) < 4.78 is 0. The van der Waals surface area contributed by atoms with Crippen LogP contribution in [0.2, 0.25) is 0 Å². The summed E-state index contributed by atoms with van der Waals surface area (Å²) in [5.41, 5.74) is 0.502. The topological polar surface area (TPSA) is 57.5 Å². The predicted molar refractivity (Wildman–Crippen MR) is 60.7 cm³/mol. The highest BCUT2D eigenvalue weighted by Gasteiger charge is 2.22. The molecule has 0 saturated heterocycles. The van der Waals surface area contributed by atoms with Crippen LogP contribution in [0.5, 0.6) is 11.5 Å². The van der Waals surface area contributed by atoms with Crippen LogP contribution in [0, 0.1) is 5.92 Å². The number of Topliss-reactive ketones (excluding diaryl/α,β-unsaturated/α-hetero) is 1. The van der Waals surface area contributed by atoms with E-state index in [9.17, 15) is 15.0 Å². The first-order valence-corrected chi connectivity index (χ1v) is 5.74. The Balaban J connectivity index is 2.16. The second-order valence-corrected chi connectivity index (χ2v) is 4.40. The Morgan fingerprint density at radius 1 is 1.06 bits per heavy atom. The van der Waals surface area contributed by atoms with Gasteiger partial charge in [-0.3, -0.25) is 4.79 Å². The Hall–Kier alpha value is -1.51. The van der Waals surface area contributed by atoms with Gasteiger partial charge in [0.2, 0.25) is 0 Å². The molecule has 1 saturated carbocycles. The molecule has 3 heteroatoms. The fraction of sp³-hybridized carbons (Fsp3) is 0.462. The van der Waals surface area contributed by atoms with E-state index >= 15 is 0 Å². The van der Waals surface area contributed by atoms with Crippen LogP contribution in [0.15, 0.2) is 18.2 Å². The van der Waals surface area contributed by atoms with Gasteiger partial charge in [-0.2, -0.15) is 0 Å². The number of phenols is 2. The number of hydrogen-bond donors (Lipinski definition) is 2. The van der Waals surface area contributed by atoms with Crippen molar-refractivity contribution in [2.45, 2.75) is 32.1 Å². The largest absolute Gasteiger partial charge is 0.504 e. The van der Waals surface area contributed by atoms with Gasteiger partial charge in [0.25, 0.3) is 0 Å². The quantitative estimate of drug-likeness (QED) is 0.595. The molecule has 0 unspecified atom stereocenters. The highest BCUT2D eigenvalue weighted by atomic mass is 16.3. The normalized spacial score (nSPS) is 17.2.